The van der Waals surface area contributed by atoms with Crippen LogP contribution in [0.3, 0.4) is 0 Å². The van der Waals surface area contributed by atoms with Gasteiger partial charge in [-0.25, -0.2) is 4.79 Å². The number of thiophene rings is 1. The Morgan fingerprint density at radius 2 is 1.94 bits per heavy atom. The molecule has 1 aromatic heterocycles. The fourth-order valence-electron chi connectivity index (χ4n) is 1.97. The number of carboxylic acid groups (broad SMARTS) is 1. The molecule has 1 N–H and O–H groups in total. The molecule has 0 aliphatic heterocycles. The first-order chi connectivity index (χ1) is 8.18. The second kappa shape index (κ2) is 3.72. The number of fused-ring (bicyclic) bond motifs is 3. The highest BCUT2D eigenvalue weighted by Crippen LogP contribution is 2.39. The van der Waals surface area contributed by atoms with Gasteiger partial charge in [0, 0.05) is 10.1 Å². The molecule has 3 aromatic rings. The van der Waals surface area contributed by atoms with Gasteiger partial charge in [0.05, 0.1) is 5.02 Å². The minimum atomic E-state index is -0.972. The Bertz CT molecular complexity index is 746. The smallest absolute Gasteiger partial charge is 0.347 e. The average molecular weight is 263 g/mol. The van der Waals surface area contributed by atoms with E-state index in [2.05, 4.69) is 0 Å². The minimum absolute atomic E-state index is 0.206. The Morgan fingerprint density at radius 1 is 1.18 bits per heavy atom. The summed E-state index contributed by atoms with van der Waals surface area (Å²) in [6.07, 6.45) is 0. The molecular weight excluding hydrogens is 256 g/mol. The van der Waals surface area contributed by atoms with Gasteiger partial charge in [-0.15, -0.1) is 11.3 Å². The summed E-state index contributed by atoms with van der Waals surface area (Å²) in [4.78, 5) is 11.3. The summed E-state index contributed by atoms with van der Waals surface area (Å²) in [6, 6.07) is 11.7. The third-order valence-electron chi connectivity index (χ3n) is 2.72. The molecular formula is C13H7ClO2S. The van der Waals surface area contributed by atoms with Crippen molar-refractivity contribution in [1.82, 2.24) is 0 Å². The summed E-state index contributed by atoms with van der Waals surface area (Å²) in [6.45, 7) is 0. The van der Waals surface area contributed by atoms with E-state index in [-0.39, 0.29) is 4.88 Å². The molecule has 0 aliphatic rings. The van der Waals surface area contributed by atoms with E-state index in [1.165, 1.54) is 11.3 Å². The van der Waals surface area contributed by atoms with Crippen LogP contribution in [-0.2, 0) is 0 Å². The van der Waals surface area contributed by atoms with E-state index in [1.807, 2.05) is 36.4 Å². The van der Waals surface area contributed by atoms with E-state index >= 15 is 0 Å². The van der Waals surface area contributed by atoms with Gasteiger partial charge < -0.3 is 5.11 Å². The quantitative estimate of drug-likeness (QED) is 0.705. The van der Waals surface area contributed by atoms with Crippen molar-refractivity contribution in [2.24, 2.45) is 0 Å². The highest BCUT2D eigenvalue weighted by Gasteiger charge is 2.17. The Balaban J connectivity index is 2.53. The largest absolute Gasteiger partial charge is 0.477 e. The fourth-order valence-corrected chi connectivity index (χ4v) is 3.37. The van der Waals surface area contributed by atoms with Gasteiger partial charge in [-0.1, -0.05) is 41.9 Å². The van der Waals surface area contributed by atoms with Gasteiger partial charge in [-0.3, -0.25) is 0 Å². The standard InChI is InChI=1S/C13H7ClO2S/c14-11-10-8-4-2-1-3-7(8)5-6-9(10)17-12(11)13(15)16/h1-6H,(H,15,16). The van der Waals surface area contributed by atoms with Crippen molar-refractivity contribution in [3.05, 3.63) is 46.3 Å². The Labute approximate surface area is 106 Å². The molecule has 0 bridgehead atoms. The monoisotopic (exact) mass is 262 g/mol. The van der Waals surface area contributed by atoms with Crippen molar-refractivity contribution in [2.75, 3.05) is 0 Å². The fraction of sp³-hybridized carbons (Fsp3) is 0. The number of hydrogen-bond acceptors (Lipinski definition) is 2. The number of aromatic carboxylic acids is 1. The number of rotatable bonds is 1. The molecule has 3 rings (SSSR count). The summed E-state index contributed by atoms with van der Waals surface area (Å²) in [7, 11) is 0. The molecule has 2 nitrogen and oxygen atoms in total. The van der Waals surface area contributed by atoms with Crippen LogP contribution in [0.4, 0.5) is 0 Å². The molecule has 0 fully saturated rings. The molecule has 0 saturated heterocycles. The van der Waals surface area contributed by atoms with E-state index < -0.39 is 5.97 Å². The topological polar surface area (TPSA) is 37.3 Å². The number of carboxylic acids is 1. The Kier molecular flexibility index (Phi) is 2.31. The number of benzene rings is 2. The molecule has 0 aliphatic carbocycles. The van der Waals surface area contributed by atoms with Crippen molar-refractivity contribution in [1.29, 1.82) is 0 Å². The number of halogens is 1. The second-order valence-corrected chi connectivity index (χ2v) is 5.14. The predicted molar refractivity (Wildman–Crippen MR) is 71.3 cm³/mol. The lowest BCUT2D eigenvalue weighted by molar-refractivity contribution is 0.0702. The van der Waals surface area contributed by atoms with Crippen LogP contribution in [-0.4, -0.2) is 11.1 Å². The first-order valence-electron chi connectivity index (χ1n) is 5.01. The maximum atomic E-state index is 11.1. The molecule has 17 heavy (non-hydrogen) atoms. The lowest BCUT2D eigenvalue weighted by Gasteiger charge is -1.99. The van der Waals surface area contributed by atoms with Gasteiger partial charge in [0.2, 0.25) is 0 Å². The lowest BCUT2D eigenvalue weighted by atomic mass is 10.1. The van der Waals surface area contributed by atoms with Crippen LogP contribution < -0.4 is 0 Å². The molecule has 0 unspecified atom stereocenters. The first kappa shape index (κ1) is 10.6. The molecule has 0 spiro atoms. The molecule has 1 heterocycles. The van der Waals surface area contributed by atoms with Gasteiger partial charge in [0.15, 0.2) is 0 Å². The minimum Gasteiger partial charge on any atom is -0.477 e. The summed E-state index contributed by atoms with van der Waals surface area (Å²) in [5, 5.41) is 12.3. The van der Waals surface area contributed by atoms with Gasteiger partial charge in [-0.05, 0) is 16.8 Å². The van der Waals surface area contributed by atoms with Crippen LogP contribution in [0, 0.1) is 0 Å². The summed E-state index contributed by atoms with van der Waals surface area (Å²) in [5.41, 5.74) is 0. The van der Waals surface area contributed by atoms with Crippen LogP contribution in [0.2, 0.25) is 5.02 Å². The van der Waals surface area contributed by atoms with Crippen LogP contribution in [0.15, 0.2) is 36.4 Å². The maximum Gasteiger partial charge on any atom is 0.347 e. The molecule has 0 atom stereocenters. The zero-order chi connectivity index (χ0) is 12.0. The van der Waals surface area contributed by atoms with E-state index in [0.29, 0.717) is 5.02 Å². The van der Waals surface area contributed by atoms with E-state index in [1.54, 1.807) is 0 Å². The summed E-state index contributed by atoms with van der Waals surface area (Å²) in [5.74, 6) is -0.972. The summed E-state index contributed by atoms with van der Waals surface area (Å²) >= 11 is 7.38. The van der Waals surface area contributed by atoms with Gasteiger partial charge in [0.1, 0.15) is 4.88 Å². The molecule has 4 heteroatoms. The van der Waals surface area contributed by atoms with Crippen LogP contribution in [0.1, 0.15) is 9.67 Å². The summed E-state index contributed by atoms with van der Waals surface area (Å²) < 4.78 is 0.908. The van der Waals surface area contributed by atoms with Gasteiger partial charge in [-0.2, -0.15) is 0 Å². The van der Waals surface area contributed by atoms with Crippen LogP contribution >= 0.6 is 22.9 Å². The first-order valence-corrected chi connectivity index (χ1v) is 6.21. The van der Waals surface area contributed by atoms with E-state index in [9.17, 15) is 4.79 Å². The van der Waals surface area contributed by atoms with Crippen LogP contribution in [0.25, 0.3) is 20.9 Å². The molecule has 2 aromatic carbocycles. The van der Waals surface area contributed by atoms with Gasteiger partial charge in [0.25, 0.3) is 0 Å². The maximum absolute atomic E-state index is 11.1. The third-order valence-corrected chi connectivity index (χ3v) is 4.35. The molecule has 0 amide bonds. The average Bonchev–Trinajstić information content (AvgIpc) is 2.67. The van der Waals surface area contributed by atoms with E-state index in [0.717, 1.165) is 20.9 Å². The number of carbonyl (C=O) groups is 1. The molecule has 0 saturated carbocycles. The van der Waals surface area contributed by atoms with Crippen LogP contribution in [0.5, 0.6) is 0 Å². The SMILES string of the molecule is O=C(O)c1sc2ccc3ccccc3c2c1Cl. The highest BCUT2D eigenvalue weighted by atomic mass is 35.5. The zero-order valence-corrected chi connectivity index (χ0v) is 10.2. The zero-order valence-electron chi connectivity index (χ0n) is 8.61. The highest BCUT2D eigenvalue weighted by molar-refractivity contribution is 7.21. The number of hydrogen-bond donors (Lipinski definition) is 1. The Morgan fingerprint density at radius 3 is 2.71 bits per heavy atom. The predicted octanol–water partition coefficient (Wildman–Crippen LogP) is 4.41. The van der Waals surface area contributed by atoms with Crippen molar-refractivity contribution >= 4 is 49.8 Å². The Hall–Kier alpha value is -1.58. The second-order valence-electron chi connectivity index (χ2n) is 3.71. The third kappa shape index (κ3) is 1.51. The normalized spacial score (nSPS) is 11.1. The molecule has 0 radical (unpaired) electrons. The van der Waals surface area contributed by atoms with Crippen molar-refractivity contribution < 1.29 is 9.90 Å². The lowest BCUT2D eigenvalue weighted by Crippen LogP contribution is -1.91. The van der Waals surface area contributed by atoms with Crippen molar-refractivity contribution in [3.8, 4) is 0 Å². The van der Waals surface area contributed by atoms with Crippen molar-refractivity contribution in [2.45, 2.75) is 0 Å². The van der Waals surface area contributed by atoms with Crippen molar-refractivity contribution in [3.63, 3.8) is 0 Å². The molecule has 84 valence electrons. The van der Waals surface area contributed by atoms with Gasteiger partial charge >= 0.3 is 5.97 Å². The van der Waals surface area contributed by atoms with E-state index in [4.69, 9.17) is 16.7 Å².